The summed E-state index contributed by atoms with van der Waals surface area (Å²) >= 11 is 5.20. The molecule has 1 aromatic carbocycles. The van der Waals surface area contributed by atoms with Gasteiger partial charge in [-0.3, -0.25) is 0 Å². The van der Waals surface area contributed by atoms with Gasteiger partial charge in [-0.1, -0.05) is 0 Å². The largest absolute Gasteiger partial charge is 0.397 e. The summed E-state index contributed by atoms with van der Waals surface area (Å²) in [6, 6.07) is 7.62. The normalized spacial score (nSPS) is 10.3. The van der Waals surface area contributed by atoms with Crippen LogP contribution in [0.3, 0.4) is 0 Å². The summed E-state index contributed by atoms with van der Waals surface area (Å²) in [5, 5.41) is 5.35. The quantitative estimate of drug-likeness (QED) is 0.762. The lowest BCUT2D eigenvalue weighted by molar-refractivity contribution is 1.18. The van der Waals surface area contributed by atoms with E-state index in [4.69, 9.17) is 11.5 Å². The molecule has 0 fully saturated rings. The van der Waals surface area contributed by atoms with Crippen LogP contribution < -0.4 is 16.8 Å². The fourth-order valence-corrected chi connectivity index (χ4v) is 2.75. The Labute approximate surface area is 107 Å². The van der Waals surface area contributed by atoms with Gasteiger partial charge in [0.2, 0.25) is 0 Å². The highest BCUT2D eigenvalue weighted by Gasteiger charge is 2.01. The number of nitrogens with one attached hydrogen (secondary N) is 1. The standard InChI is InChI=1S/C11H12BrN3S/c12-8-3-4-16-11(8)6-15-7-1-2-9(13)10(14)5-7/h1-5,15H,6,13-14H2. The molecule has 0 unspecified atom stereocenters. The zero-order chi connectivity index (χ0) is 11.5. The van der Waals surface area contributed by atoms with Gasteiger partial charge < -0.3 is 16.8 Å². The van der Waals surface area contributed by atoms with E-state index >= 15 is 0 Å². The second-order valence-corrected chi connectivity index (χ2v) is 5.24. The second kappa shape index (κ2) is 4.76. The summed E-state index contributed by atoms with van der Waals surface area (Å²) in [4.78, 5) is 1.26. The molecule has 84 valence electrons. The van der Waals surface area contributed by atoms with Crippen molar-refractivity contribution in [2.45, 2.75) is 6.54 Å². The summed E-state index contributed by atoms with van der Waals surface area (Å²) in [6.07, 6.45) is 0. The first-order valence-electron chi connectivity index (χ1n) is 4.77. The SMILES string of the molecule is Nc1ccc(NCc2sccc2Br)cc1N. The Kier molecular flexibility index (Phi) is 3.36. The lowest BCUT2D eigenvalue weighted by Gasteiger charge is -2.07. The Morgan fingerprint density at radius 1 is 1.19 bits per heavy atom. The number of halogens is 1. The van der Waals surface area contributed by atoms with Crippen LogP contribution in [0.25, 0.3) is 0 Å². The van der Waals surface area contributed by atoms with Gasteiger partial charge in [-0.25, -0.2) is 0 Å². The predicted molar refractivity (Wildman–Crippen MR) is 74.6 cm³/mol. The first-order chi connectivity index (χ1) is 7.66. The Morgan fingerprint density at radius 3 is 2.62 bits per heavy atom. The van der Waals surface area contributed by atoms with Crippen molar-refractivity contribution in [3.63, 3.8) is 0 Å². The van der Waals surface area contributed by atoms with Crippen LogP contribution in [0, 0.1) is 0 Å². The maximum absolute atomic E-state index is 5.73. The van der Waals surface area contributed by atoms with Crippen LogP contribution in [0.1, 0.15) is 4.88 Å². The van der Waals surface area contributed by atoms with Crippen LogP contribution >= 0.6 is 27.3 Å². The van der Waals surface area contributed by atoms with E-state index in [0.29, 0.717) is 11.4 Å². The third-order valence-corrected chi connectivity index (χ3v) is 4.16. The molecule has 0 aliphatic heterocycles. The Hall–Kier alpha value is -1.20. The molecule has 0 amide bonds. The van der Waals surface area contributed by atoms with E-state index < -0.39 is 0 Å². The van der Waals surface area contributed by atoms with Gasteiger partial charge in [0.05, 0.1) is 17.9 Å². The Bertz CT molecular complexity index is 496. The van der Waals surface area contributed by atoms with E-state index in [2.05, 4.69) is 26.6 Å². The number of nitrogens with two attached hydrogens (primary N) is 2. The molecular weight excluding hydrogens is 286 g/mol. The number of anilines is 3. The van der Waals surface area contributed by atoms with Crippen LogP contribution in [0.15, 0.2) is 34.1 Å². The number of hydrogen-bond donors (Lipinski definition) is 3. The molecule has 1 aromatic heterocycles. The van der Waals surface area contributed by atoms with E-state index in [1.807, 2.05) is 18.2 Å². The minimum absolute atomic E-state index is 0.607. The molecule has 1 heterocycles. The molecule has 0 bridgehead atoms. The highest BCUT2D eigenvalue weighted by Crippen LogP contribution is 2.25. The lowest BCUT2D eigenvalue weighted by Crippen LogP contribution is -2.00. The Balaban J connectivity index is 2.05. The number of nitrogen functional groups attached to an aromatic ring is 2. The summed E-state index contributed by atoms with van der Waals surface area (Å²) < 4.78 is 1.13. The van der Waals surface area contributed by atoms with Crippen molar-refractivity contribution in [3.05, 3.63) is 39.0 Å². The molecule has 0 atom stereocenters. The first kappa shape index (κ1) is 11.3. The van der Waals surface area contributed by atoms with E-state index in [1.165, 1.54) is 4.88 Å². The lowest BCUT2D eigenvalue weighted by atomic mass is 10.2. The van der Waals surface area contributed by atoms with E-state index in [9.17, 15) is 0 Å². The molecule has 0 saturated carbocycles. The number of hydrogen-bond acceptors (Lipinski definition) is 4. The average molecular weight is 298 g/mol. The second-order valence-electron chi connectivity index (χ2n) is 3.39. The van der Waals surface area contributed by atoms with Gasteiger partial charge >= 0.3 is 0 Å². The molecule has 2 aromatic rings. The summed E-state index contributed by atoms with van der Waals surface area (Å²) in [7, 11) is 0. The van der Waals surface area contributed by atoms with Gasteiger partial charge in [0.15, 0.2) is 0 Å². The summed E-state index contributed by atoms with van der Waals surface area (Å²) in [5.41, 5.74) is 13.6. The third-order valence-electron chi connectivity index (χ3n) is 2.23. The third kappa shape index (κ3) is 2.48. The smallest absolute Gasteiger partial charge is 0.0568 e. The number of thiophene rings is 1. The molecule has 16 heavy (non-hydrogen) atoms. The van der Waals surface area contributed by atoms with Crippen LogP contribution in [0.2, 0.25) is 0 Å². The number of benzene rings is 1. The zero-order valence-corrected chi connectivity index (χ0v) is 10.9. The predicted octanol–water partition coefficient (Wildman–Crippen LogP) is 3.29. The van der Waals surface area contributed by atoms with Gasteiger partial charge in [-0.05, 0) is 45.6 Å². The van der Waals surface area contributed by atoms with Crippen molar-refractivity contribution in [2.75, 3.05) is 16.8 Å². The van der Waals surface area contributed by atoms with Gasteiger partial charge in [0.25, 0.3) is 0 Å². The zero-order valence-electron chi connectivity index (χ0n) is 8.53. The molecular formula is C11H12BrN3S. The van der Waals surface area contributed by atoms with Gasteiger partial charge in [-0.2, -0.15) is 0 Å². The molecule has 0 aliphatic rings. The summed E-state index contributed by atoms with van der Waals surface area (Å²) in [6.45, 7) is 0.779. The van der Waals surface area contributed by atoms with Crippen molar-refractivity contribution in [3.8, 4) is 0 Å². The van der Waals surface area contributed by atoms with E-state index in [-0.39, 0.29) is 0 Å². The topological polar surface area (TPSA) is 64.1 Å². The van der Waals surface area contributed by atoms with Crippen molar-refractivity contribution >= 4 is 44.3 Å². The van der Waals surface area contributed by atoms with Crippen molar-refractivity contribution in [1.82, 2.24) is 0 Å². The maximum atomic E-state index is 5.73. The molecule has 5 heteroatoms. The van der Waals surface area contributed by atoms with Gasteiger partial charge in [-0.15, -0.1) is 11.3 Å². The van der Waals surface area contributed by atoms with Crippen LogP contribution in [-0.2, 0) is 6.54 Å². The molecule has 0 spiro atoms. The minimum Gasteiger partial charge on any atom is -0.397 e. The highest BCUT2D eigenvalue weighted by atomic mass is 79.9. The molecule has 2 rings (SSSR count). The number of rotatable bonds is 3. The minimum atomic E-state index is 0.607. The molecule has 0 radical (unpaired) electrons. The van der Waals surface area contributed by atoms with Gasteiger partial charge in [0, 0.05) is 15.0 Å². The fraction of sp³-hybridized carbons (Fsp3) is 0.0909. The maximum Gasteiger partial charge on any atom is 0.0568 e. The molecule has 5 N–H and O–H groups in total. The van der Waals surface area contributed by atoms with Crippen LogP contribution in [-0.4, -0.2) is 0 Å². The monoisotopic (exact) mass is 297 g/mol. The molecule has 3 nitrogen and oxygen atoms in total. The van der Waals surface area contributed by atoms with Crippen LogP contribution in [0.5, 0.6) is 0 Å². The fourth-order valence-electron chi connectivity index (χ4n) is 1.32. The molecule has 0 aliphatic carbocycles. The van der Waals surface area contributed by atoms with Crippen molar-refractivity contribution in [1.29, 1.82) is 0 Å². The Morgan fingerprint density at radius 2 is 2.00 bits per heavy atom. The van der Waals surface area contributed by atoms with Crippen molar-refractivity contribution < 1.29 is 0 Å². The highest BCUT2D eigenvalue weighted by molar-refractivity contribution is 9.10. The molecule has 0 saturated heterocycles. The van der Waals surface area contributed by atoms with Crippen molar-refractivity contribution in [2.24, 2.45) is 0 Å². The summed E-state index contributed by atoms with van der Waals surface area (Å²) in [5.74, 6) is 0. The first-order valence-corrected chi connectivity index (χ1v) is 6.45. The van der Waals surface area contributed by atoms with Gasteiger partial charge in [0.1, 0.15) is 0 Å². The average Bonchev–Trinajstić information content (AvgIpc) is 2.66. The van der Waals surface area contributed by atoms with Crippen LogP contribution in [0.4, 0.5) is 17.1 Å². The van der Waals surface area contributed by atoms with E-state index in [1.54, 1.807) is 17.4 Å². The van der Waals surface area contributed by atoms with E-state index in [0.717, 1.165) is 16.7 Å².